The minimum absolute atomic E-state index is 0.148. The van der Waals surface area contributed by atoms with Crippen molar-refractivity contribution in [3.63, 3.8) is 0 Å². The molecular weight excluding hydrogens is 273 g/mol. The molecule has 88 valence electrons. The molecule has 0 aliphatic heterocycles. The van der Waals surface area contributed by atoms with Crippen LogP contribution in [0.5, 0.6) is 0 Å². The van der Waals surface area contributed by atoms with Gasteiger partial charge in [-0.1, -0.05) is 15.9 Å². The van der Waals surface area contributed by atoms with Crippen LogP contribution in [0.2, 0.25) is 0 Å². The summed E-state index contributed by atoms with van der Waals surface area (Å²) >= 11 is 3.39. The summed E-state index contributed by atoms with van der Waals surface area (Å²) in [5.41, 5.74) is 0.888. The summed E-state index contributed by atoms with van der Waals surface area (Å²) in [5, 5.41) is 12.9. The Kier molecular flexibility index (Phi) is 3.95. The van der Waals surface area contributed by atoms with Gasteiger partial charge in [-0.05, 0) is 43.0 Å². The maximum atomic E-state index is 13.0. The SMILES string of the molecule is O[C@H]1CCC[C@@H]1NCc1cc(F)ccc1Br. The summed E-state index contributed by atoms with van der Waals surface area (Å²) in [6, 6.07) is 4.79. The molecule has 2 atom stereocenters. The first-order chi connectivity index (χ1) is 7.66. The Morgan fingerprint density at radius 2 is 2.25 bits per heavy atom. The number of aliphatic hydroxyl groups is 1. The Balaban J connectivity index is 1.96. The van der Waals surface area contributed by atoms with Crippen molar-refractivity contribution in [3.05, 3.63) is 34.1 Å². The zero-order valence-electron chi connectivity index (χ0n) is 8.92. The van der Waals surface area contributed by atoms with Crippen molar-refractivity contribution >= 4 is 15.9 Å². The molecule has 1 aromatic carbocycles. The molecule has 2 N–H and O–H groups in total. The third-order valence-corrected chi connectivity index (χ3v) is 3.82. The molecule has 0 radical (unpaired) electrons. The Labute approximate surface area is 103 Å². The third kappa shape index (κ3) is 2.81. The first-order valence-corrected chi connectivity index (χ1v) is 6.31. The topological polar surface area (TPSA) is 32.3 Å². The molecule has 1 aliphatic carbocycles. The molecule has 0 aromatic heterocycles. The second-order valence-electron chi connectivity index (χ2n) is 4.22. The molecule has 4 heteroatoms. The van der Waals surface area contributed by atoms with Gasteiger partial charge in [0, 0.05) is 17.1 Å². The number of rotatable bonds is 3. The second kappa shape index (κ2) is 5.25. The lowest BCUT2D eigenvalue weighted by molar-refractivity contribution is 0.148. The number of hydrogen-bond acceptors (Lipinski definition) is 2. The van der Waals surface area contributed by atoms with Crippen LogP contribution in [0.4, 0.5) is 4.39 Å². The molecule has 0 bridgehead atoms. The minimum Gasteiger partial charge on any atom is -0.392 e. The summed E-state index contributed by atoms with van der Waals surface area (Å²) in [5.74, 6) is -0.230. The van der Waals surface area contributed by atoms with E-state index >= 15 is 0 Å². The molecule has 0 amide bonds. The molecule has 16 heavy (non-hydrogen) atoms. The quantitative estimate of drug-likeness (QED) is 0.896. The largest absolute Gasteiger partial charge is 0.392 e. The van der Waals surface area contributed by atoms with E-state index in [-0.39, 0.29) is 18.0 Å². The van der Waals surface area contributed by atoms with Gasteiger partial charge in [0.25, 0.3) is 0 Å². The highest BCUT2D eigenvalue weighted by molar-refractivity contribution is 9.10. The van der Waals surface area contributed by atoms with Crippen molar-refractivity contribution in [2.75, 3.05) is 0 Å². The van der Waals surface area contributed by atoms with E-state index in [9.17, 15) is 9.50 Å². The van der Waals surface area contributed by atoms with Gasteiger partial charge in [0.05, 0.1) is 6.10 Å². The van der Waals surface area contributed by atoms with E-state index in [0.717, 1.165) is 29.3 Å². The monoisotopic (exact) mass is 287 g/mol. The summed E-state index contributed by atoms with van der Waals surface area (Å²) in [7, 11) is 0. The Morgan fingerprint density at radius 1 is 1.44 bits per heavy atom. The molecule has 0 spiro atoms. The van der Waals surface area contributed by atoms with Crippen molar-refractivity contribution < 1.29 is 9.50 Å². The van der Waals surface area contributed by atoms with Crippen LogP contribution in [-0.4, -0.2) is 17.3 Å². The van der Waals surface area contributed by atoms with E-state index in [1.165, 1.54) is 12.1 Å². The van der Waals surface area contributed by atoms with Gasteiger partial charge in [-0.15, -0.1) is 0 Å². The van der Waals surface area contributed by atoms with E-state index in [4.69, 9.17) is 0 Å². The maximum absolute atomic E-state index is 13.0. The van der Waals surface area contributed by atoms with Crippen molar-refractivity contribution in [2.45, 2.75) is 38.0 Å². The van der Waals surface area contributed by atoms with Gasteiger partial charge in [-0.3, -0.25) is 0 Å². The molecule has 1 aromatic rings. The number of hydrogen-bond donors (Lipinski definition) is 2. The lowest BCUT2D eigenvalue weighted by Gasteiger charge is -2.16. The van der Waals surface area contributed by atoms with E-state index in [2.05, 4.69) is 21.2 Å². The fourth-order valence-electron chi connectivity index (χ4n) is 2.10. The minimum atomic E-state index is -0.257. The van der Waals surface area contributed by atoms with Crippen LogP contribution < -0.4 is 5.32 Å². The summed E-state index contributed by atoms with van der Waals surface area (Å²) < 4.78 is 13.9. The Morgan fingerprint density at radius 3 is 2.94 bits per heavy atom. The normalized spacial score (nSPS) is 24.9. The maximum Gasteiger partial charge on any atom is 0.123 e. The van der Waals surface area contributed by atoms with E-state index < -0.39 is 0 Å². The van der Waals surface area contributed by atoms with Crippen LogP contribution >= 0.6 is 15.9 Å². The molecule has 2 nitrogen and oxygen atoms in total. The Bertz CT molecular complexity index is 372. The van der Waals surface area contributed by atoms with Gasteiger partial charge in [0.2, 0.25) is 0 Å². The summed E-state index contributed by atoms with van der Waals surface area (Å²) in [6.07, 6.45) is 2.66. The molecule has 0 unspecified atom stereocenters. The molecular formula is C12H15BrFNO. The zero-order valence-corrected chi connectivity index (χ0v) is 10.5. The number of nitrogens with one attached hydrogen (secondary N) is 1. The molecule has 1 aliphatic rings. The van der Waals surface area contributed by atoms with Crippen molar-refractivity contribution in [2.24, 2.45) is 0 Å². The smallest absolute Gasteiger partial charge is 0.123 e. The summed E-state index contributed by atoms with van der Waals surface area (Å²) in [4.78, 5) is 0. The van der Waals surface area contributed by atoms with E-state index in [0.29, 0.717) is 6.54 Å². The molecule has 0 saturated heterocycles. The summed E-state index contributed by atoms with van der Waals surface area (Å²) in [6.45, 7) is 0.583. The first-order valence-electron chi connectivity index (χ1n) is 5.52. The Hall–Kier alpha value is -0.450. The van der Waals surface area contributed by atoms with Gasteiger partial charge in [-0.25, -0.2) is 4.39 Å². The van der Waals surface area contributed by atoms with Gasteiger partial charge >= 0.3 is 0 Å². The number of halogens is 2. The molecule has 2 rings (SSSR count). The van der Waals surface area contributed by atoms with Gasteiger partial charge in [0.15, 0.2) is 0 Å². The highest BCUT2D eigenvalue weighted by atomic mass is 79.9. The number of aliphatic hydroxyl groups excluding tert-OH is 1. The van der Waals surface area contributed by atoms with Crippen LogP contribution in [0.25, 0.3) is 0 Å². The van der Waals surface area contributed by atoms with Crippen LogP contribution in [0, 0.1) is 5.82 Å². The average molecular weight is 288 g/mol. The molecule has 0 heterocycles. The van der Waals surface area contributed by atoms with Crippen molar-refractivity contribution in [1.82, 2.24) is 5.32 Å². The van der Waals surface area contributed by atoms with Gasteiger partial charge in [0.1, 0.15) is 5.82 Å². The predicted molar refractivity (Wildman–Crippen MR) is 64.6 cm³/mol. The average Bonchev–Trinajstić information content (AvgIpc) is 2.66. The highest BCUT2D eigenvalue weighted by Gasteiger charge is 2.24. The molecule has 1 fully saturated rings. The fourth-order valence-corrected chi connectivity index (χ4v) is 2.49. The first kappa shape index (κ1) is 12.0. The standard InChI is InChI=1S/C12H15BrFNO/c13-10-5-4-9(14)6-8(10)7-15-11-2-1-3-12(11)16/h4-6,11-12,15-16H,1-3,7H2/t11-,12-/m0/s1. The lowest BCUT2D eigenvalue weighted by atomic mass is 10.1. The van der Waals surface area contributed by atoms with E-state index in [1.807, 2.05) is 0 Å². The van der Waals surface area contributed by atoms with Crippen LogP contribution in [0.3, 0.4) is 0 Å². The highest BCUT2D eigenvalue weighted by Crippen LogP contribution is 2.21. The molecule has 1 saturated carbocycles. The lowest BCUT2D eigenvalue weighted by Crippen LogP contribution is -2.35. The number of benzene rings is 1. The van der Waals surface area contributed by atoms with Gasteiger partial charge < -0.3 is 10.4 Å². The van der Waals surface area contributed by atoms with Crippen LogP contribution in [0.15, 0.2) is 22.7 Å². The predicted octanol–water partition coefficient (Wildman–Crippen LogP) is 2.59. The fraction of sp³-hybridized carbons (Fsp3) is 0.500. The van der Waals surface area contributed by atoms with E-state index in [1.54, 1.807) is 6.07 Å². The third-order valence-electron chi connectivity index (χ3n) is 3.04. The van der Waals surface area contributed by atoms with Gasteiger partial charge in [-0.2, -0.15) is 0 Å². The van der Waals surface area contributed by atoms with Crippen molar-refractivity contribution in [3.8, 4) is 0 Å². The zero-order chi connectivity index (χ0) is 11.5. The van der Waals surface area contributed by atoms with Crippen LogP contribution in [0.1, 0.15) is 24.8 Å². The second-order valence-corrected chi connectivity index (χ2v) is 5.08. The van der Waals surface area contributed by atoms with Crippen LogP contribution in [-0.2, 0) is 6.54 Å². The van der Waals surface area contributed by atoms with Crippen molar-refractivity contribution in [1.29, 1.82) is 0 Å².